The molecular weight excluding hydrogens is 319 g/mol. The van der Waals surface area contributed by atoms with E-state index in [0.29, 0.717) is 22.3 Å². The van der Waals surface area contributed by atoms with Crippen molar-refractivity contribution >= 4 is 11.5 Å². The Balaban J connectivity index is 2.11. The Morgan fingerprint density at radius 2 is 1.83 bits per heavy atom. The number of carbonyl (C=O) groups excluding carboxylic acids is 1. The van der Waals surface area contributed by atoms with E-state index in [-0.39, 0.29) is 6.61 Å². The monoisotopic (exact) mass is 333 g/mol. The fraction of sp³-hybridized carbons (Fsp3) is 0.167. The molecule has 0 bridgehead atoms. The van der Waals surface area contributed by atoms with E-state index in [9.17, 15) is 18.0 Å². The second-order valence-corrected chi connectivity index (χ2v) is 5.19. The lowest BCUT2D eigenvalue weighted by Gasteiger charge is -2.08. The normalized spacial score (nSPS) is 11.7. The summed E-state index contributed by atoms with van der Waals surface area (Å²) in [6.07, 6.45) is -2.62. The van der Waals surface area contributed by atoms with Crippen LogP contribution >= 0.6 is 0 Å². The van der Waals surface area contributed by atoms with Crippen molar-refractivity contribution in [1.82, 2.24) is 4.40 Å². The van der Waals surface area contributed by atoms with E-state index < -0.39 is 17.7 Å². The van der Waals surface area contributed by atoms with Gasteiger partial charge >= 0.3 is 12.1 Å². The minimum atomic E-state index is -4.38. The molecule has 6 heteroatoms. The van der Waals surface area contributed by atoms with Crippen molar-refractivity contribution in [3.8, 4) is 11.3 Å². The largest absolute Gasteiger partial charge is 0.462 e. The third-order valence-corrected chi connectivity index (χ3v) is 3.68. The van der Waals surface area contributed by atoms with Crippen LogP contribution < -0.4 is 0 Å². The van der Waals surface area contributed by atoms with Crippen molar-refractivity contribution in [1.29, 1.82) is 0 Å². The van der Waals surface area contributed by atoms with Gasteiger partial charge in [-0.25, -0.2) is 4.79 Å². The molecule has 0 radical (unpaired) electrons. The van der Waals surface area contributed by atoms with Crippen LogP contribution in [0, 0.1) is 0 Å². The lowest BCUT2D eigenvalue weighted by Crippen LogP contribution is -2.04. The number of hydrogen-bond acceptors (Lipinski definition) is 2. The maximum absolute atomic E-state index is 12.7. The van der Waals surface area contributed by atoms with Gasteiger partial charge in [-0.05, 0) is 42.8 Å². The highest BCUT2D eigenvalue weighted by Gasteiger charge is 2.30. The van der Waals surface area contributed by atoms with Crippen LogP contribution in [0.5, 0.6) is 0 Å². The molecule has 0 spiro atoms. The van der Waals surface area contributed by atoms with E-state index in [2.05, 4.69) is 0 Å². The van der Waals surface area contributed by atoms with Gasteiger partial charge in [-0.15, -0.1) is 0 Å². The van der Waals surface area contributed by atoms with E-state index in [1.807, 2.05) is 0 Å². The van der Waals surface area contributed by atoms with Crippen LogP contribution in [0.15, 0.2) is 54.7 Å². The molecule has 0 atom stereocenters. The fourth-order valence-electron chi connectivity index (χ4n) is 2.58. The molecular formula is C18H14F3NO2. The average molecular weight is 333 g/mol. The first kappa shape index (κ1) is 16.1. The van der Waals surface area contributed by atoms with E-state index >= 15 is 0 Å². The lowest BCUT2D eigenvalue weighted by atomic mass is 10.1. The highest BCUT2D eigenvalue weighted by molar-refractivity contribution is 5.99. The zero-order chi connectivity index (χ0) is 17.3. The molecule has 2 heterocycles. The number of aromatic nitrogens is 1. The van der Waals surface area contributed by atoms with Crippen LogP contribution in [0.2, 0.25) is 0 Å². The number of hydrogen-bond donors (Lipinski definition) is 0. The van der Waals surface area contributed by atoms with Gasteiger partial charge in [0.1, 0.15) is 0 Å². The van der Waals surface area contributed by atoms with Gasteiger partial charge < -0.3 is 9.14 Å². The second kappa shape index (κ2) is 6.03. The Morgan fingerprint density at radius 3 is 2.46 bits per heavy atom. The number of benzene rings is 1. The number of fused-ring (bicyclic) bond motifs is 1. The quantitative estimate of drug-likeness (QED) is 0.645. The van der Waals surface area contributed by atoms with Crippen LogP contribution in [0.25, 0.3) is 16.8 Å². The SMILES string of the molecule is CCOC(=O)c1cc(-c2ccc(C(F)(F)F)cc2)n2ccccc12. The number of alkyl halides is 3. The number of pyridine rings is 1. The molecule has 1 aromatic carbocycles. The molecule has 0 aliphatic carbocycles. The van der Waals surface area contributed by atoms with E-state index in [4.69, 9.17) is 4.74 Å². The molecule has 0 amide bonds. The van der Waals surface area contributed by atoms with Gasteiger partial charge in [0.15, 0.2) is 0 Å². The topological polar surface area (TPSA) is 30.7 Å². The van der Waals surface area contributed by atoms with Crippen molar-refractivity contribution < 1.29 is 22.7 Å². The average Bonchev–Trinajstić information content (AvgIpc) is 2.94. The van der Waals surface area contributed by atoms with Crippen LogP contribution in [0.1, 0.15) is 22.8 Å². The summed E-state index contributed by atoms with van der Waals surface area (Å²) < 4.78 is 44.9. The molecule has 0 aliphatic heterocycles. The van der Waals surface area contributed by atoms with Crippen molar-refractivity contribution in [3.05, 3.63) is 65.9 Å². The Bertz CT molecular complexity index is 879. The summed E-state index contributed by atoms with van der Waals surface area (Å²) in [5.74, 6) is -0.459. The Kier molecular flexibility index (Phi) is 4.05. The molecule has 0 N–H and O–H groups in total. The van der Waals surface area contributed by atoms with Gasteiger partial charge in [-0.2, -0.15) is 13.2 Å². The maximum Gasteiger partial charge on any atom is 0.416 e. The van der Waals surface area contributed by atoms with Gasteiger partial charge in [-0.1, -0.05) is 18.2 Å². The number of halogens is 3. The van der Waals surface area contributed by atoms with Gasteiger partial charge in [0.2, 0.25) is 0 Å². The number of nitrogens with zero attached hydrogens (tertiary/aromatic N) is 1. The van der Waals surface area contributed by atoms with Gasteiger partial charge in [0.25, 0.3) is 0 Å². The van der Waals surface area contributed by atoms with Crippen LogP contribution in [-0.4, -0.2) is 17.0 Å². The predicted molar refractivity (Wildman–Crippen MR) is 83.8 cm³/mol. The Labute approximate surface area is 136 Å². The minimum absolute atomic E-state index is 0.249. The third kappa shape index (κ3) is 2.87. The summed E-state index contributed by atoms with van der Waals surface area (Å²) in [6.45, 7) is 1.96. The lowest BCUT2D eigenvalue weighted by molar-refractivity contribution is -0.137. The van der Waals surface area contributed by atoms with Crippen LogP contribution in [0.3, 0.4) is 0 Å². The molecule has 24 heavy (non-hydrogen) atoms. The first-order chi connectivity index (χ1) is 11.4. The smallest absolute Gasteiger partial charge is 0.416 e. The van der Waals surface area contributed by atoms with Crippen molar-refractivity contribution in [3.63, 3.8) is 0 Å². The molecule has 0 fully saturated rings. The molecule has 3 nitrogen and oxygen atoms in total. The molecule has 3 aromatic rings. The van der Waals surface area contributed by atoms with E-state index in [0.717, 1.165) is 12.1 Å². The zero-order valence-corrected chi connectivity index (χ0v) is 12.8. The van der Waals surface area contributed by atoms with Crippen molar-refractivity contribution in [2.45, 2.75) is 13.1 Å². The highest BCUT2D eigenvalue weighted by atomic mass is 19.4. The second-order valence-electron chi connectivity index (χ2n) is 5.19. The summed E-state index contributed by atoms with van der Waals surface area (Å²) >= 11 is 0. The van der Waals surface area contributed by atoms with Crippen molar-refractivity contribution in [2.24, 2.45) is 0 Å². The molecule has 0 saturated carbocycles. The first-order valence-corrected chi connectivity index (χ1v) is 7.36. The third-order valence-electron chi connectivity index (χ3n) is 3.68. The summed E-state index contributed by atoms with van der Waals surface area (Å²) in [6, 6.07) is 11.8. The minimum Gasteiger partial charge on any atom is -0.462 e. The van der Waals surface area contributed by atoms with Crippen LogP contribution in [-0.2, 0) is 10.9 Å². The first-order valence-electron chi connectivity index (χ1n) is 7.36. The number of esters is 1. The van der Waals surface area contributed by atoms with Gasteiger partial charge in [0.05, 0.1) is 28.9 Å². The fourth-order valence-corrected chi connectivity index (χ4v) is 2.58. The Morgan fingerprint density at radius 1 is 1.12 bits per heavy atom. The van der Waals surface area contributed by atoms with Gasteiger partial charge in [-0.3, -0.25) is 0 Å². The zero-order valence-electron chi connectivity index (χ0n) is 12.8. The number of carbonyl (C=O) groups is 1. The van der Waals surface area contributed by atoms with Crippen LogP contribution in [0.4, 0.5) is 13.2 Å². The predicted octanol–water partition coefficient (Wildman–Crippen LogP) is 4.80. The molecule has 2 aromatic heterocycles. The number of rotatable bonds is 3. The summed E-state index contributed by atoms with van der Waals surface area (Å²) in [5.41, 5.74) is 1.53. The molecule has 3 rings (SSSR count). The van der Waals surface area contributed by atoms with Gasteiger partial charge in [0, 0.05) is 6.20 Å². The molecule has 0 unspecified atom stereocenters. The highest BCUT2D eigenvalue weighted by Crippen LogP contribution is 2.32. The Hall–Kier alpha value is -2.76. The molecule has 124 valence electrons. The summed E-state index contributed by atoms with van der Waals surface area (Å²) in [4.78, 5) is 12.1. The van der Waals surface area contributed by atoms with E-state index in [1.165, 1.54) is 12.1 Å². The van der Waals surface area contributed by atoms with E-state index in [1.54, 1.807) is 41.8 Å². The standard InChI is InChI=1S/C18H14F3NO2/c1-2-24-17(23)14-11-16(22-10-4-3-5-15(14)22)12-6-8-13(9-7-12)18(19,20)21/h3-11H,2H2,1H3. The number of ether oxygens (including phenoxy) is 1. The molecule has 0 saturated heterocycles. The summed E-state index contributed by atoms with van der Waals surface area (Å²) in [5, 5.41) is 0. The maximum atomic E-state index is 12.7. The molecule has 0 aliphatic rings. The summed E-state index contributed by atoms with van der Waals surface area (Å²) in [7, 11) is 0. The van der Waals surface area contributed by atoms with Crippen molar-refractivity contribution in [2.75, 3.05) is 6.61 Å².